The second kappa shape index (κ2) is 6.13. The predicted molar refractivity (Wildman–Crippen MR) is 79.9 cm³/mol. The van der Waals surface area contributed by atoms with E-state index in [1.54, 1.807) is 0 Å². The molecule has 19 heavy (non-hydrogen) atoms. The van der Waals surface area contributed by atoms with Crippen molar-refractivity contribution in [3.05, 3.63) is 0 Å². The average Bonchev–Trinajstić information content (AvgIpc) is 2.64. The van der Waals surface area contributed by atoms with E-state index in [2.05, 4.69) is 19.2 Å². The maximum absolute atomic E-state index is 11.6. The second-order valence-corrected chi connectivity index (χ2v) is 9.31. The van der Waals surface area contributed by atoms with Gasteiger partial charge in [0.25, 0.3) is 0 Å². The monoisotopic (exact) mass is 287 g/mol. The molecule has 1 aliphatic carbocycles. The molecule has 0 amide bonds. The van der Waals surface area contributed by atoms with Gasteiger partial charge < -0.3 is 5.32 Å². The Morgan fingerprint density at radius 1 is 1.16 bits per heavy atom. The highest BCUT2D eigenvalue weighted by atomic mass is 32.2. The highest BCUT2D eigenvalue weighted by Crippen LogP contribution is 2.37. The van der Waals surface area contributed by atoms with Crippen molar-refractivity contribution in [3.63, 3.8) is 0 Å². The van der Waals surface area contributed by atoms with Crippen molar-refractivity contribution in [1.29, 1.82) is 0 Å². The zero-order valence-corrected chi connectivity index (χ0v) is 13.4. The molecular formula is C15H29NO2S. The van der Waals surface area contributed by atoms with Crippen LogP contribution in [0.15, 0.2) is 0 Å². The summed E-state index contributed by atoms with van der Waals surface area (Å²) in [5.41, 5.74) is 0. The Bertz CT molecular complexity index is 383. The lowest BCUT2D eigenvalue weighted by molar-refractivity contribution is 0.167. The second-order valence-electron chi connectivity index (χ2n) is 7.08. The lowest BCUT2D eigenvalue weighted by Crippen LogP contribution is -2.39. The number of hydrogen-bond acceptors (Lipinski definition) is 3. The van der Waals surface area contributed by atoms with E-state index < -0.39 is 9.84 Å². The number of hydrogen-bond donors (Lipinski definition) is 1. The number of nitrogens with one attached hydrogen (secondary N) is 1. The van der Waals surface area contributed by atoms with E-state index in [-0.39, 0.29) is 0 Å². The minimum atomic E-state index is -2.73. The van der Waals surface area contributed by atoms with E-state index in [9.17, 15) is 8.42 Å². The summed E-state index contributed by atoms with van der Waals surface area (Å²) in [4.78, 5) is 0. The van der Waals surface area contributed by atoms with Gasteiger partial charge in [0.15, 0.2) is 9.84 Å². The van der Waals surface area contributed by atoms with Crippen LogP contribution in [0.2, 0.25) is 0 Å². The van der Waals surface area contributed by atoms with E-state index in [1.165, 1.54) is 19.3 Å². The normalized spacial score (nSPS) is 40.2. The molecular weight excluding hydrogens is 258 g/mol. The van der Waals surface area contributed by atoms with Crippen LogP contribution in [0.4, 0.5) is 0 Å². The van der Waals surface area contributed by atoms with Crippen molar-refractivity contribution in [2.75, 3.05) is 18.6 Å². The lowest BCUT2D eigenvalue weighted by Gasteiger charge is -2.37. The molecule has 2 fully saturated rings. The maximum Gasteiger partial charge on any atom is 0.150 e. The van der Waals surface area contributed by atoms with Crippen molar-refractivity contribution in [2.45, 2.75) is 52.0 Å². The zero-order chi connectivity index (χ0) is 14.0. The summed E-state index contributed by atoms with van der Waals surface area (Å²) in [5.74, 6) is 3.57. The molecule has 1 N–H and O–H groups in total. The van der Waals surface area contributed by atoms with Gasteiger partial charge in [0.1, 0.15) is 0 Å². The smallest absolute Gasteiger partial charge is 0.150 e. The fraction of sp³-hybridized carbons (Fsp3) is 1.00. The number of rotatable bonds is 4. The van der Waals surface area contributed by atoms with Gasteiger partial charge in [-0.2, -0.15) is 0 Å². The van der Waals surface area contributed by atoms with Crippen LogP contribution >= 0.6 is 0 Å². The summed E-state index contributed by atoms with van der Waals surface area (Å²) in [6.07, 6.45) is 5.87. The van der Waals surface area contributed by atoms with Gasteiger partial charge in [-0.15, -0.1) is 0 Å². The Balaban J connectivity index is 1.93. The highest BCUT2D eigenvalue weighted by Gasteiger charge is 2.34. The molecule has 0 aromatic carbocycles. The SMILES string of the molecule is CNC(CC1CCS(=O)(=O)C1)C1CC(C)CC(C)C1. The summed E-state index contributed by atoms with van der Waals surface area (Å²) in [6.45, 7) is 4.71. The molecule has 0 radical (unpaired) electrons. The maximum atomic E-state index is 11.6. The first-order valence-electron chi connectivity index (χ1n) is 7.77. The molecule has 2 rings (SSSR count). The van der Waals surface area contributed by atoms with Crippen LogP contribution in [0, 0.1) is 23.7 Å². The molecule has 0 bridgehead atoms. The van der Waals surface area contributed by atoms with Gasteiger partial charge in [-0.3, -0.25) is 0 Å². The molecule has 1 saturated heterocycles. The molecule has 0 spiro atoms. The van der Waals surface area contributed by atoms with Gasteiger partial charge in [-0.25, -0.2) is 8.42 Å². The third kappa shape index (κ3) is 4.19. The minimum absolute atomic E-state index is 0.384. The molecule has 4 heteroatoms. The Morgan fingerprint density at radius 3 is 2.26 bits per heavy atom. The summed E-state index contributed by atoms with van der Waals surface area (Å²) in [5, 5.41) is 3.47. The van der Waals surface area contributed by atoms with Crippen molar-refractivity contribution < 1.29 is 8.42 Å². The van der Waals surface area contributed by atoms with Crippen LogP contribution in [-0.2, 0) is 9.84 Å². The summed E-state index contributed by atoms with van der Waals surface area (Å²) in [6, 6.07) is 0.503. The van der Waals surface area contributed by atoms with Gasteiger partial charge >= 0.3 is 0 Å². The summed E-state index contributed by atoms with van der Waals surface area (Å²) < 4.78 is 23.1. The first-order valence-corrected chi connectivity index (χ1v) is 9.59. The molecule has 4 unspecified atom stereocenters. The van der Waals surface area contributed by atoms with Crippen LogP contribution in [0.5, 0.6) is 0 Å². The Hall–Kier alpha value is -0.0900. The van der Waals surface area contributed by atoms with E-state index in [0.717, 1.165) is 30.6 Å². The Labute approximate surface area is 118 Å². The molecule has 1 saturated carbocycles. The molecule has 3 nitrogen and oxygen atoms in total. The molecule has 0 aromatic heterocycles. The quantitative estimate of drug-likeness (QED) is 0.864. The molecule has 2 aliphatic rings. The van der Waals surface area contributed by atoms with Crippen LogP contribution in [-0.4, -0.2) is 33.0 Å². The van der Waals surface area contributed by atoms with Crippen molar-refractivity contribution in [3.8, 4) is 0 Å². The first kappa shape index (κ1) is 15.3. The van der Waals surface area contributed by atoms with Gasteiger partial charge in [0, 0.05) is 6.04 Å². The van der Waals surface area contributed by atoms with Gasteiger partial charge in [-0.1, -0.05) is 13.8 Å². The molecule has 112 valence electrons. The van der Waals surface area contributed by atoms with Gasteiger partial charge in [0.05, 0.1) is 11.5 Å². The zero-order valence-electron chi connectivity index (χ0n) is 12.6. The van der Waals surface area contributed by atoms with Crippen LogP contribution < -0.4 is 5.32 Å². The average molecular weight is 287 g/mol. The van der Waals surface area contributed by atoms with Crippen LogP contribution in [0.3, 0.4) is 0 Å². The van der Waals surface area contributed by atoms with Gasteiger partial charge in [0.2, 0.25) is 0 Å². The third-order valence-corrected chi connectivity index (χ3v) is 6.91. The lowest BCUT2D eigenvalue weighted by atomic mass is 9.72. The van der Waals surface area contributed by atoms with Crippen LogP contribution in [0.25, 0.3) is 0 Å². The van der Waals surface area contributed by atoms with Crippen molar-refractivity contribution in [1.82, 2.24) is 5.32 Å². The van der Waals surface area contributed by atoms with E-state index >= 15 is 0 Å². The fourth-order valence-corrected chi connectivity index (χ4v) is 6.18. The Kier molecular flexibility index (Phi) is 4.93. The van der Waals surface area contributed by atoms with Crippen LogP contribution in [0.1, 0.15) is 46.0 Å². The van der Waals surface area contributed by atoms with E-state index in [4.69, 9.17) is 0 Å². The Morgan fingerprint density at radius 2 is 1.79 bits per heavy atom. The van der Waals surface area contributed by atoms with E-state index in [0.29, 0.717) is 23.5 Å². The predicted octanol–water partition coefficient (Wildman–Crippen LogP) is 2.47. The number of sulfone groups is 1. The highest BCUT2D eigenvalue weighted by molar-refractivity contribution is 7.91. The molecule has 1 aliphatic heterocycles. The van der Waals surface area contributed by atoms with E-state index in [1.807, 2.05) is 7.05 Å². The van der Waals surface area contributed by atoms with Gasteiger partial charge in [-0.05, 0) is 62.8 Å². The molecule has 0 aromatic rings. The topological polar surface area (TPSA) is 46.2 Å². The van der Waals surface area contributed by atoms with Crippen molar-refractivity contribution in [2.24, 2.45) is 23.7 Å². The summed E-state index contributed by atoms with van der Waals surface area (Å²) in [7, 11) is -0.690. The minimum Gasteiger partial charge on any atom is -0.317 e. The summed E-state index contributed by atoms with van der Waals surface area (Å²) >= 11 is 0. The van der Waals surface area contributed by atoms with Crippen molar-refractivity contribution >= 4 is 9.84 Å². The standard InChI is InChI=1S/C15H29NO2S/c1-11-6-12(2)8-14(7-11)15(16-3)9-13-4-5-19(17,18)10-13/h11-16H,4-10H2,1-3H3. The first-order chi connectivity index (χ1) is 8.89. The molecule has 4 atom stereocenters. The molecule has 1 heterocycles. The largest absolute Gasteiger partial charge is 0.317 e. The fourth-order valence-electron chi connectivity index (χ4n) is 4.30. The third-order valence-electron chi connectivity index (χ3n) is 5.07.